The quantitative estimate of drug-likeness (QED) is 0.841. The third-order valence-corrected chi connectivity index (χ3v) is 4.38. The normalized spacial score (nSPS) is 23.5. The molecule has 0 aliphatic carbocycles. The molecular formula is C16H18ClF3O3. The van der Waals surface area contributed by atoms with Gasteiger partial charge in [-0.3, -0.25) is 4.79 Å². The lowest BCUT2D eigenvalue weighted by Gasteiger charge is -2.35. The summed E-state index contributed by atoms with van der Waals surface area (Å²) in [5, 5.41) is 9.68. The van der Waals surface area contributed by atoms with Gasteiger partial charge in [-0.2, -0.15) is 13.2 Å². The average Bonchev–Trinajstić information content (AvgIpc) is 2.44. The van der Waals surface area contributed by atoms with Crippen molar-refractivity contribution >= 4 is 17.6 Å². The number of hydrogen-bond donors (Lipinski definition) is 1. The SMILES string of the molecule is O=C(O)C[C@@H](c1ccc(Cl)cc1)C1CCOC(CC(F)(F)F)C1. The van der Waals surface area contributed by atoms with Crippen molar-refractivity contribution in [2.45, 2.75) is 43.9 Å². The number of halogens is 4. The summed E-state index contributed by atoms with van der Waals surface area (Å²) >= 11 is 5.84. The maximum atomic E-state index is 12.6. The van der Waals surface area contributed by atoms with Crippen LogP contribution in [0.1, 0.15) is 37.2 Å². The molecule has 0 aromatic heterocycles. The zero-order valence-electron chi connectivity index (χ0n) is 12.4. The van der Waals surface area contributed by atoms with Gasteiger partial charge in [0.1, 0.15) is 0 Å². The van der Waals surface area contributed by atoms with Gasteiger partial charge >= 0.3 is 12.1 Å². The first-order chi connectivity index (χ1) is 10.7. The first kappa shape index (κ1) is 18.1. The molecule has 7 heteroatoms. The number of alkyl halides is 3. The minimum Gasteiger partial charge on any atom is -0.481 e. The van der Waals surface area contributed by atoms with E-state index in [2.05, 4.69) is 0 Å². The smallest absolute Gasteiger partial charge is 0.391 e. The summed E-state index contributed by atoms with van der Waals surface area (Å²) in [5.41, 5.74) is 0.787. The highest BCUT2D eigenvalue weighted by Crippen LogP contribution is 2.39. The number of rotatable bonds is 5. The van der Waals surface area contributed by atoms with Gasteiger partial charge in [-0.25, -0.2) is 0 Å². The van der Waals surface area contributed by atoms with Crippen LogP contribution in [-0.2, 0) is 9.53 Å². The van der Waals surface area contributed by atoms with Gasteiger partial charge in [0.05, 0.1) is 18.9 Å². The number of carboxylic acids is 1. The highest BCUT2D eigenvalue weighted by molar-refractivity contribution is 6.30. The van der Waals surface area contributed by atoms with Crippen molar-refractivity contribution in [3.05, 3.63) is 34.9 Å². The molecule has 2 rings (SSSR count). The van der Waals surface area contributed by atoms with Crippen molar-refractivity contribution in [2.75, 3.05) is 6.61 Å². The van der Waals surface area contributed by atoms with Crippen LogP contribution in [0, 0.1) is 5.92 Å². The van der Waals surface area contributed by atoms with Crippen LogP contribution in [0.2, 0.25) is 5.02 Å². The van der Waals surface area contributed by atoms with E-state index < -0.39 is 24.7 Å². The molecule has 0 spiro atoms. The fourth-order valence-corrected chi connectivity index (χ4v) is 3.26. The molecule has 1 heterocycles. The van der Waals surface area contributed by atoms with Crippen LogP contribution in [0.15, 0.2) is 24.3 Å². The van der Waals surface area contributed by atoms with Gasteiger partial charge in [0.15, 0.2) is 0 Å². The minimum atomic E-state index is -4.28. The van der Waals surface area contributed by atoms with Crippen LogP contribution >= 0.6 is 11.6 Å². The number of ether oxygens (including phenoxy) is 1. The topological polar surface area (TPSA) is 46.5 Å². The molecule has 1 aromatic carbocycles. The Balaban J connectivity index is 2.14. The zero-order chi connectivity index (χ0) is 17.0. The molecular weight excluding hydrogens is 333 g/mol. The van der Waals surface area contributed by atoms with Crippen molar-refractivity contribution in [3.63, 3.8) is 0 Å². The largest absolute Gasteiger partial charge is 0.481 e. The fraction of sp³-hybridized carbons (Fsp3) is 0.562. The van der Waals surface area contributed by atoms with Gasteiger partial charge < -0.3 is 9.84 Å². The van der Waals surface area contributed by atoms with E-state index in [-0.39, 0.29) is 31.3 Å². The molecule has 1 fully saturated rings. The minimum absolute atomic E-state index is 0.120. The standard InChI is InChI=1S/C16H18ClF3O3/c17-12-3-1-10(2-4-12)14(8-15(21)22)11-5-6-23-13(7-11)9-16(18,19)20/h1-4,11,13-14H,5-9H2,(H,21,22)/t11?,13?,14-/m0/s1. The van der Waals surface area contributed by atoms with Gasteiger partial charge in [0.25, 0.3) is 0 Å². The summed E-state index contributed by atoms with van der Waals surface area (Å²) in [5.74, 6) is -1.47. The van der Waals surface area contributed by atoms with Crippen molar-refractivity contribution in [2.24, 2.45) is 5.92 Å². The number of carboxylic acid groups (broad SMARTS) is 1. The van der Waals surface area contributed by atoms with Gasteiger partial charge in [-0.1, -0.05) is 23.7 Å². The molecule has 1 aliphatic rings. The van der Waals surface area contributed by atoms with E-state index in [9.17, 15) is 18.0 Å². The zero-order valence-corrected chi connectivity index (χ0v) is 13.1. The molecule has 1 N–H and O–H groups in total. The Hall–Kier alpha value is -1.27. The summed E-state index contributed by atoms with van der Waals surface area (Å²) in [6.45, 7) is 0.217. The van der Waals surface area contributed by atoms with E-state index in [4.69, 9.17) is 21.4 Å². The Morgan fingerprint density at radius 2 is 2.00 bits per heavy atom. The second-order valence-electron chi connectivity index (χ2n) is 5.85. The maximum absolute atomic E-state index is 12.6. The number of carbonyl (C=O) groups is 1. The second-order valence-corrected chi connectivity index (χ2v) is 6.29. The molecule has 3 atom stereocenters. The van der Waals surface area contributed by atoms with Crippen LogP contribution in [0.4, 0.5) is 13.2 Å². The van der Waals surface area contributed by atoms with Gasteiger partial charge in [0.2, 0.25) is 0 Å². The van der Waals surface area contributed by atoms with Crippen LogP contribution in [0.25, 0.3) is 0 Å². The molecule has 3 nitrogen and oxygen atoms in total. The molecule has 1 saturated heterocycles. The van der Waals surface area contributed by atoms with Crippen molar-refractivity contribution in [3.8, 4) is 0 Å². The lowest BCUT2D eigenvalue weighted by Crippen LogP contribution is -2.33. The molecule has 0 saturated carbocycles. The first-order valence-corrected chi connectivity index (χ1v) is 7.78. The summed E-state index contributed by atoms with van der Waals surface area (Å²) in [6, 6.07) is 6.81. The highest BCUT2D eigenvalue weighted by atomic mass is 35.5. The molecule has 128 valence electrons. The van der Waals surface area contributed by atoms with E-state index >= 15 is 0 Å². The monoisotopic (exact) mass is 350 g/mol. The Bertz CT molecular complexity index is 530. The third kappa shape index (κ3) is 5.70. The Labute approximate surface area is 137 Å². The summed E-state index contributed by atoms with van der Waals surface area (Å²) in [4.78, 5) is 11.2. The van der Waals surface area contributed by atoms with E-state index in [0.717, 1.165) is 5.56 Å². The molecule has 1 aliphatic heterocycles. The number of aliphatic carboxylic acids is 1. The van der Waals surface area contributed by atoms with Gasteiger partial charge in [-0.15, -0.1) is 0 Å². The van der Waals surface area contributed by atoms with Crippen LogP contribution in [0.5, 0.6) is 0 Å². The fourth-order valence-electron chi connectivity index (χ4n) is 3.13. The molecule has 0 amide bonds. The predicted octanol–water partition coefficient (Wildman–Crippen LogP) is 4.65. The molecule has 2 unspecified atom stereocenters. The number of hydrogen-bond acceptors (Lipinski definition) is 2. The van der Waals surface area contributed by atoms with E-state index in [0.29, 0.717) is 11.4 Å². The van der Waals surface area contributed by atoms with Gasteiger partial charge in [0, 0.05) is 11.6 Å². The van der Waals surface area contributed by atoms with E-state index in [1.54, 1.807) is 24.3 Å². The highest BCUT2D eigenvalue weighted by Gasteiger charge is 2.37. The number of benzene rings is 1. The van der Waals surface area contributed by atoms with Gasteiger partial charge in [-0.05, 0) is 42.4 Å². The maximum Gasteiger partial charge on any atom is 0.391 e. The summed E-state index contributed by atoms with van der Waals surface area (Å²) in [7, 11) is 0. The van der Waals surface area contributed by atoms with Crippen LogP contribution in [-0.4, -0.2) is 30.0 Å². The van der Waals surface area contributed by atoms with Crippen LogP contribution in [0.3, 0.4) is 0 Å². The molecule has 0 radical (unpaired) electrons. The Morgan fingerprint density at radius 1 is 1.35 bits per heavy atom. The van der Waals surface area contributed by atoms with E-state index in [1.807, 2.05) is 0 Å². The first-order valence-electron chi connectivity index (χ1n) is 7.40. The lowest BCUT2D eigenvalue weighted by atomic mass is 9.77. The van der Waals surface area contributed by atoms with Crippen LogP contribution < -0.4 is 0 Å². The second kappa shape index (κ2) is 7.53. The predicted molar refractivity (Wildman–Crippen MR) is 79.6 cm³/mol. The van der Waals surface area contributed by atoms with Crippen molar-refractivity contribution in [1.82, 2.24) is 0 Å². The Kier molecular flexibility index (Phi) is 5.92. The van der Waals surface area contributed by atoms with E-state index in [1.165, 1.54) is 0 Å². The molecule has 23 heavy (non-hydrogen) atoms. The Morgan fingerprint density at radius 3 is 2.57 bits per heavy atom. The molecule has 1 aromatic rings. The summed E-state index contributed by atoms with van der Waals surface area (Å²) < 4.78 is 42.9. The molecule has 0 bridgehead atoms. The average molecular weight is 351 g/mol. The lowest BCUT2D eigenvalue weighted by molar-refractivity contribution is -0.170. The third-order valence-electron chi connectivity index (χ3n) is 4.13. The van der Waals surface area contributed by atoms with Crippen molar-refractivity contribution in [1.29, 1.82) is 0 Å². The van der Waals surface area contributed by atoms with Crippen molar-refractivity contribution < 1.29 is 27.8 Å². The summed E-state index contributed by atoms with van der Waals surface area (Å²) in [6.07, 6.45) is -5.55.